The van der Waals surface area contributed by atoms with E-state index < -0.39 is 0 Å². The first kappa shape index (κ1) is 13.9. The molecule has 1 unspecified atom stereocenters. The summed E-state index contributed by atoms with van der Waals surface area (Å²) >= 11 is 5.77. The summed E-state index contributed by atoms with van der Waals surface area (Å²) in [7, 11) is 0. The van der Waals surface area contributed by atoms with Gasteiger partial charge in [-0.2, -0.15) is 0 Å². The van der Waals surface area contributed by atoms with Crippen molar-refractivity contribution < 1.29 is 4.79 Å². The Bertz CT molecular complexity index is 402. The first-order valence-electron chi connectivity index (χ1n) is 6.77. The Balaban J connectivity index is 1.95. The highest BCUT2D eigenvalue weighted by molar-refractivity contribution is 7.80. The zero-order valence-electron chi connectivity index (χ0n) is 10.9. The van der Waals surface area contributed by atoms with Crippen molar-refractivity contribution in [2.24, 2.45) is 5.92 Å². The second kappa shape index (κ2) is 6.62. The van der Waals surface area contributed by atoms with Crippen molar-refractivity contribution >= 4 is 29.9 Å². The van der Waals surface area contributed by atoms with Gasteiger partial charge in [-0.25, -0.2) is 0 Å². The van der Waals surface area contributed by atoms with Crippen LogP contribution in [0.2, 0.25) is 0 Å². The van der Waals surface area contributed by atoms with Gasteiger partial charge in [0.1, 0.15) is 0 Å². The average Bonchev–Trinajstić information content (AvgIpc) is 2.65. The van der Waals surface area contributed by atoms with Gasteiger partial charge in [-0.15, -0.1) is 24.0 Å². The zero-order valence-corrected chi connectivity index (χ0v) is 12.6. The fourth-order valence-corrected chi connectivity index (χ4v) is 3.77. The molecule has 18 heavy (non-hydrogen) atoms. The Hall–Kier alpha value is -0.480. The van der Waals surface area contributed by atoms with Crippen molar-refractivity contribution in [3.63, 3.8) is 0 Å². The largest absolute Gasteiger partial charge is 0.338 e. The van der Waals surface area contributed by atoms with Crippen LogP contribution in [0.15, 0.2) is 16.3 Å². The standard InChI is InChI=1S/C14H21NOS2/c1-2-4-11-5-3-7-15(8-6-11)14(16)13-9-12(17)10-18-13/h9-11,17H,2-8H2,1H3. The molecule has 2 nitrogen and oxygen atoms in total. The molecule has 0 radical (unpaired) electrons. The topological polar surface area (TPSA) is 20.3 Å². The van der Waals surface area contributed by atoms with Gasteiger partial charge in [0.25, 0.3) is 5.91 Å². The van der Waals surface area contributed by atoms with Crippen molar-refractivity contribution in [1.29, 1.82) is 0 Å². The molecule has 0 aliphatic carbocycles. The number of carbonyl (C=O) groups is 1. The van der Waals surface area contributed by atoms with Crippen LogP contribution >= 0.6 is 24.0 Å². The Kier molecular flexibility index (Phi) is 5.13. The summed E-state index contributed by atoms with van der Waals surface area (Å²) in [4.78, 5) is 16.1. The second-order valence-corrected chi connectivity index (χ2v) is 6.47. The Labute approximate surface area is 119 Å². The van der Waals surface area contributed by atoms with Gasteiger partial charge in [-0.3, -0.25) is 4.79 Å². The molecule has 0 N–H and O–H groups in total. The summed E-state index contributed by atoms with van der Waals surface area (Å²) in [6.45, 7) is 4.08. The van der Waals surface area contributed by atoms with Crippen molar-refractivity contribution in [3.8, 4) is 0 Å². The van der Waals surface area contributed by atoms with E-state index in [4.69, 9.17) is 0 Å². The van der Waals surface area contributed by atoms with E-state index in [1.54, 1.807) is 0 Å². The molecule has 1 aliphatic rings. The summed E-state index contributed by atoms with van der Waals surface area (Å²) in [6.07, 6.45) is 6.16. The number of rotatable bonds is 3. The molecular weight excluding hydrogens is 262 g/mol. The van der Waals surface area contributed by atoms with Crippen molar-refractivity contribution in [2.45, 2.75) is 43.9 Å². The number of amides is 1. The lowest BCUT2D eigenvalue weighted by molar-refractivity contribution is 0.0764. The minimum Gasteiger partial charge on any atom is -0.338 e. The molecular formula is C14H21NOS2. The highest BCUT2D eigenvalue weighted by Gasteiger charge is 2.21. The summed E-state index contributed by atoms with van der Waals surface area (Å²) in [5.41, 5.74) is 0. The highest BCUT2D eigenvalue weighted by atomic mass is 32.1. The van der Waals surface area contributed by atoms with Gasteiger partial charge in [0, 0.05) is 23.4 Å². The molecule has 1 aliphatic heterocycles. The fourth-order valence-electron chi connectivity index (χ4n) is 2.66. The third-order valence-electron chi connectivity index (χ3n) is 3.63. The van der Waals surface area contributed by atoms with Crippen LogP contribution in [-0.2, 0) is 0 Å². The smallest absolute Gasteiger partial charge is 0.263 e. The maximum absolute atomic E-state index is 12.3. The first-order valence-corrected chi connectivity index (χ1v) is 8.10. The van der Waals surface area contributed by atoms with E-state index in [0.29, 0.717) is 0 Å². The van der Waals surface area contributed by atoms with E-state index in [1.807, 2.05) is 16.3 Å². The quantitative estimate of drug-likeness (QED) is 0.829. The molecule has 1 saturated heterocycles. The van der Waals surface area contributed by atoms with Crippen molar-refractivity contribution in [3.05, 3.63) is 16.3 Å². The van der Waals surface area contributed by atoms with Gasteiger partial charge in [0.05, 0.1) is 4.88 Å². The van der Waals surface area contributed by atoms with E-state index in [9.17, 15) is 4.79 Å². The molecule has 0 spiro atoms. The predicted molar refractivity (Wildman–Crippen MR) is 79.7 cm³/mol. The van der Waals surface area contributed by atoms with Crippen LogP contribution in [-0.4, -0.2) is 23.9 Å². The van der Waals surface area contributed by atoms with Gasteiger partial charge in [-0.1, -0.05) is 19.8 Å². The minimum absolute atomic E-state index is 0.192. The van der Waals surface area contributed by atoms with Crippen LogP contribution in [0.4, 0.5) is 0 Å². The van der Waals surface area contributed by atoms with Crippen LogP contribution in [0.3, 0.4) is 0 Å². The molecule has 2 rings (SSSR count). The van der Waals surface area contributed by atoms with E-state index in [1.165, 1.54) is 37.0 Å². The molecule has 100 valence electrons. The Morgan fingerprint density at radius 2 is 2.33 bits per heavy atom. The number of nitrogens with zero attached hydrogens (tertiary/aromatic N) is 1. The predicted octanol–water partition coefficient (Wildman–Crippen LogP) is 4.08. The number of thiophene rings is 1. The van der Waals surface area contributed by atoms with Crippen LogP contribution in [0.25, 0.3) is 0 Å². The lowest BCUT2D eigenvalue weighted by Gasteiger charge is -2.19. The molecule has 0 aromatic carbocycles. The molecule has 4 heteroatoms. The molecule has 0 saturated carbocycles. The number of carbonyl (C=O) groups excluding carboxylic acids is 1. The maximum atomic E-state index is 12.3. The molecule has 2 heterocycles. The molecule has 1 aromatic heterocycles. The van der Waals surface area contributed by atoms with Crippen molar-refractivity contribution in [1.82, 2.24) is 4.90 Å². The lowest BCUT2D eigenvalue weighted by Crippen LogP contribution is -2.31. The summed E-state index contributed by atoms with van der Waals surface area (Å²) in [6, 6.07) is 1.88. The zero-order chi connectivity index (χ0) is 13.0. The second-order valence-electron chi connectivity index (χ2n) is 5.05. The van der Waals surface area contributed by atoms with Crippen LogP contribution < -0.4 is 0 Å². The number of thiol groups is 1. The summed E-state index contributed by atoms with van der Waals surface area (Å²) < 4.78 is 0. The number of likely N-dealkylation sites (tertiary alicyclic amines) is 1. The van der Waals surface area contributed by atoms with E-state index in [0.717, 1.165) is 35.2 Å². The molecule has 1 aromatic rings. The monoisotopic (exact) mass is 283 g/mol. The number of hydrogen-bond acceptors (Lipinski definition) is 3. The number of hydrogen-bond donors (Lipinski definition) is 1. The lowest BCUT2D eigenvalue weighted by atomic mass is 9.96. The van der Waals surface area contributed by atoms with E-state index in [-0.39, 0.29) is 5.91 Å². The van der Waals surface area contributed by atoms with Crippen molar-refractivity contribution in [2.75, 3.05) is 13.1 Å². The molecule has 1 fully saturated rings. The van der Waals surface area contributed by atoms with Gasteiger partial charge in [0.15, 0.2) is 0 Å². The third kappa shape index (κ3) is 3.51. The van der Waals surface area contributed by atoms with Gasteiger partial charge < -0.3 is 4.90 Å². The average molecular weight is 283 g/mol. The van der Waals surface area contributed by atoms with Gasteiger partial charge in [-0.05, 0) is 31.2 Å². The Morgan fingerprint density at radius 3 is 3.00 bits per heavy atom. The van der Waals surface area contributed by atoms with E-state index >= 15 is 0 Å². The molecule has 0 bridgehead atoms. The fraction of sp³-hybridized carbons (Fsp3) is 0.643. The van der Waals surface area contributed by atoms with Gasteiger partial charge in [0.2, 0.25) is 0 Å². The van der Waals surface area contributed by atoms with Gasteiger partial charge >= 0.3 is 0 Å². The molecule has 1 atom stereocenters. The first-order chi connectivity index (χ1) is 8.70. The normalized spacial score (nSPS) is 20.8. The SMILES string of the molecule is CCCC1CCCN(C(=O)c2cc(S)cs2)CC1. The van der Waals surface area contributed by atoms with E-state index in [2.05, 4.69) is 19.6 Å². The van der Waals surface area contributed by atoms with Crippen LogP contribution in [0.5, 0.6) is 0 Å². The third-order valence-corrected chi connectivity index (χ3v) is 4.98. The summed E-state index contributed by atoms with van der Waals surface area (Å²) in [5, 5.41) is 1.92. The van der Waals surface area contributed by atoms with Crippen LogP contribution in [0, 0.1) is 5.92 Å². The van der Waals surface area contributed by atoms with Crippen LogP contribution in [0.1, 0.15) is 48.7 Å². The highest BCUT2D eigenvalue weighted by Crippen LogP contribution is 2.25. The molecule has 1 amide bonds. The minimum atomic E-state index is 0.192. The Morgan fingerprint density at radius 1 is 1.50 bits per heavy atom. The maximum Gasteiger partial charge on any atom is 0.263 e. The summed E-state index contributed by atoms with van der Waals surface area (Å²) in [5.74, 6) is 1.01.